The lowest BCUT2D eigenvalue weighted by Crippen LogP contribution is -2.70. The number of carbonyl (C=O) groups excluding carboxylic acids is 2. The van der Waals surface area contributed by atoms with E-state index in [2.05, 4.69) is 5.92 Å². The van der Waals surface area contributed by atoms with Crippen molar-refractivity contribution in [1.29, 1.82) is 0 Å². The number of amides is 2. The third-order valence-corrected chi connectivity index (χ3v) is 3.73. The maximum atomic E-state index is 12.0. The van der Waals surface area contributed by atoms with Crippen molar-refractivity contribution < 1.29 is 14.3 Å². The third kappa shape index (κ3) is 2.74. The Labute approximate surface area is 120 Å². The van der Waals surface area contributed by atoms with Gasteiger partial charge in [-0.15, -0.1) is 12.3 Å². The van der Waals surface area contributed by atoms with Crippen molar-refractivity contribution in [1.82, 2.24) is 9.80 Å². The van der Waals surface area contributed by atoms with Crippen molar-refractivity contribution in [2.24, 2.45) is 5.92 Å². The Morgan fingerprint density at radius 3 is 2.50 bits per heavy atom. The molecule has 20 heavy (non-hydrogen) atoms. The molecule has 2 rings (SSSR count). The van der Waals surface area contributed by atoms with Crippen LogP contribution in [0, 0.1) is 18.3 Å². The summed E-state index contributed by atoms with van der Waals surface area (Å²) in [6, 6.07) is 0. The van der Waals surface area contributed by atoms with E-state index < -0.39 is 5.60 Å². The summed E-state index contributed by atoms with van der Waals surface area (Å²) in [5.74, 6) is 2.72. The fraction of sp³-hybridized carbons (Fsp3) is 0.733. The minimum atomic E-state index is -0.499. The van der Waals surface area contributed by atoms with E-state index in [1.54, 1.807) is 4.90 Å². The first-order valence-corrected chi connectivity index (χ1v) is 6.89. The van der Waals surface area contributed by atoms with Crippen molar-refractivity contribution >= 4 is 12.0 Å². The number of likely N-dealkylation sites (tertiary alicyclic amines) is 2. The number of ether oxygens (including phenoxy) is 1. The van der Waals surface area contributed by atoms with Crippen LogP contribution in [0.25, 0.3) is 0 Å². The van der Waals surface area contributed by atoms with Gasteiger partial charge in [0.2, 0.25) is 5.91 Å². The molecule has 0 bridgehead atoms. The predicted octanol–water partition coefficient (Wildman–Crippen LogP) is 1.48. The van der Waals surface area contributed by atoms with Crippen LogP contribution in [0.15, 0.2) is 0 Å². The van der Waals surface area contributed by atoms with Crippen LogP contribution < -0.4 is 0 Å². The first-order valence-electron chi connectivity index (χ1n) is 6.89. The lowest BCUT2D eigenvalue weighted by molar-refractivity contribution is -0.139. The van der Waals surface area contributed by atoms with Crippen LogP contribution in [-0.2, 0) is 9.53 Å². The summed E-state index contributed by atoms with van der Waals surface area (Å²) >= 11 is 0. The van der Waals surface area contributed by atoms with Crippen molar-refractivity contribution in [2.75, 3.05) is 19.6 Å². The van der Waals surface area contributed by atoms with Crippen LogP contribution in [0.4, 0.5) is 4.79 Å². The summed E-state index contributed by atoms with van der Waals surface area (Å²) in [5, 5.41) is 0. The molecule has 0 spiro atoms. The number of terminal acetylenes is 1. The Kier molecular flexibility index (Phi) is 3.45. The maximum Gasteiger partial charge on any atom is 0.410 e. The highest BCUT2D eigenvalue weighted by Crippen LogP contribution is 2.33. The minimum Gasteiger partial charge on any atom is -0.444 e. The van der Waals surface area contributed by atoms with Gasteiger partial charge < -0.3 is 14.5 Å². The molecule has 2 saturated heterocycles. The molecule has 2 fully saturated rings. The van der Waals surface area contributed by atoms with Gasteiger partial charge in [0.05, 0.1) is 5.54 Å². The molecule has 0 aromatic heterocycles. The minimum absolute atomic E-state index is 0.00472. The van der Waals surface area contributed by atoms with E-state index in [0.717, 1.165) is 0 Å². The fourth-order valence-electron chi connectivity index (χ4n) is 2.74. The van der Waals surface area contributed by atoms with Crippen LogP contribution in [-0.4, -0.2) is 52.6 Å². The highest BCUT2D eigenvalue weighted by Gasteiger charge is 2.51. The third-order valence-electron chi connectivity index (χ3n) is 3.73. The summed E-state index contributed by atoms with van der Waals surface area (Å²) in [6.07, 6.45) is 5.48. The molecular formula is C15H22N2O3. The average Bonchev–Trinajstić information content (AvgIpc) is 2.64. The molecule has 0 aromatic carbocycles. The van der Waals surface area contributed by atoms with Gasteiger partial charge in [-0.25, -0.2) is 4.79 Å². The van der Waals surface area contributed by atoms with Crippen LogP contribution in [0.5, 0.6) is 0 Å². The fourth-order valence-corrected chi connectivity index (χ4v) is 2.74. The molecule has 0 radical (unpaired) electrons. The van der Waals surface area contributed by atoms with Gasteiger partial charge in [0.1, 0.15) is 5.60 Å². The van der Waals surface area contributed by atoms with Gasteiger partial charge in [0.25, 0.3) is 0 Å². The van der Waals surface area contributed by atoms with E-state index in [9.17, 15) is 9.59 Å². The Morgan fingerprint density at radius 1 is 1.45 bits per heavy atom. The zero-order valence-electron chi connectivity index (χ0n) is 12.6. The number of nitrogens with zero attached hydrogens (tertiary/aromatic N) is 2. The van der Waals surface area contributed by atoms with E-state index >= 15 is 0 Å². The Balaban J connectivity index is 1.93. The SMILES string of the molecule is C#CC1CC(=O)N(C2(C)CN(C(=O)OC(C)(C)C)C2)C1. The van der Waals surface area contributed by atoms with E-state index in [0.29, 0.717) is 26.1 Å². The van der Waals surface area contributed by atoms with E-state index in [4.69, 9.17) is 11.2 Å². The molecule has 0 aromatic rings. The van der Waals surface area contributed by atoms with Crippen molar-refractivity contribution in [3.63, 3.8) is 0 Å². The Hall–Kier alpha value is -1.70. The highest BCUT2D eigenvalue weighted by atomic mass is 16.6. The number of rotatable bonds is 1. The summed E-state index contributed by atoms with van der Waals surface area (Å²) in [4.78, 5) is 27.3. The molecule has 0 N–H and O–H groups in total. The summed E-state index contributed by atoms with van der Waals surface area (Å²) in [7, 11) is 0. The second-order valence-corrected chi connectivity index (χ2v) is 6.91. The molecule has 5 nitrogen and oxygen atoms in total. The normalized spacial score (nSPS) is 25.1. The number of hydrogen-bond donors (Lipinski definition) is 0. The smallest absolute Gasteiger partial charge is 0.410 e. The van der Waals surface area contributed by atoms with E-state index in [-0.39, 0.29) is 23.5 Å². The van der Waals surface area contributed by atoms with Gasteiger partial charge in [-0.2, -0.15) is 0 Å². The first kappa shape index (κ1) is 14.7. The molecule has 0 saturated carbocycles. The van der Waals surface area contributed by atoms with E-state index in [1.165, 1.54) is 0 Å². The summed E-state index contributed by atoms with van der Waals surface area (Å²) in [6.45, 7) is 9.11. The summed E-state index contributed by atoms with van der Waals surface area (Å²) < 4.78 is 5.32. The largest absolute Gasteiger partial charge is 0.444 e. The Bertz CT molecular complexity index is 466. The standard InChI is InChI=1S/C15H22N2O3/c1-6-11-7-12(18)17(8-11)15(5)9-16(10-15)13(19)20-14(2,3)4/h1,11H,7-10H2,2-5H3. The second kappa shape index (κ2) is 4.69. The van der Waals surface area contributed by atoms with Crippen LogP contribution in [0.1, 0.15) is 34.1 Å². The van der Waals surface area contributed by atoms with Gasteiger partial charge in [0, 0.05) is 32.0 Å². The molecular weight excluding hydrogens is 256 g/mol. The van der Waals surface area contributed by atoms with E-state index in [1.807, 2.05) is 32.6 Å². The molecule has 1 atom stereocenters. The molecule has 2 amide bonds. The van der Waals surface area contributed by atoms with Gasteiger partial charge in [-0.3, -0.25) is 4.79 Å². The maximum absolute atomic E-state index is 12.0. The van der Waals surface area contributed by atoms with Gasteiger partial charge >= 0.3 is 6.09 Å². The Morgan fingerprint density at radius 2 is 2.05 bits per heavy atom. The first-order chi connectivity index (χ1) is 9.14. The van der Waals surface area contributed by atoms with Crippen LogP contribution in [0.2, 0.25) is 0 Å². The predicted molar refractivity (Wildman–Crippen MR) is 74.9 cm³/mol. The van der Waals surface area contributed by atoms with Crippen LogP contribution >= 0.6 is 0 Å². The number of hydrogen-bond acceptors (Lipinski definition) is 3. The molecule has 110 valence electrons. The summed E-state index contributed by atoms with van der Waals surface area (Å²) in [5.41, 5.74) is -0.805. The quantitative estimate of drug-likeness (QED) is 0.683. The van der Waals surface area contributed by atoms with Crippen molar-refractivity contribution in [3.05, 3.63) is 0 Å². The number of carbonyl (C=O) groups is 2. The topological polar surface area (TPSA) is 49.9 Å². The van der Waals surface area contributed by atoms with Gasteiger partial charge in [-0.05, 0) is 27.7 Å². The van der Waals surface area contributed by atoms with Gasteiger partial charge in [0.15, 0.2) is 0 Å². The average molecular weight is 278 g/mol. The van der Waals surface area contributed by atoms with Crippen LogP contribution in [0.3, 0.4) is 0 Å². The van der Waals surface area contributed by atoms with Gasteiger partial charge in [-0.1, -0.05) is 0 Å². The lowest BCUT2D eigenvalue weighted by atomic mass is 9.90. The monoisotopic (exact) mass is 278 g/mol. The molecule has 1 unspecified atom stereocenters. The zero-order valence-corrected chi connectivity index (χ0v) is 12.6. The lowest BCUT2D eigenvalue weighted by Gasteiger charge is -2.52. The van der Waals surface area contributed by atoms with Crippen molar-refractivity contribution in [2.45, 2.75) is 45.3 Å². The molecule has 2 heterocycles. The zero-order chi connectivity index (χ0) is 15.1. The molecule has 2 aliphatic rings. The highest BCUT2D eigenvalue weighted by molar-refractivity contribution is 5.81. The molecule has 5 heteroatoms. The molecule has 0 aliphatic carbocycles. The molecule has 2 aliphatic heterocycles. The van der Waals surface area contributed by atoms with Crippen molar-refractivity contribution in [3.8, 4) is 12.3 Å². The second-order valence-electron chi connectivity index (χ2n) is 6.91.